The third-order valence-electron chi connectivity index (χ3n) is 1.34. The van der Waals surface area contributed by atoms with Gasteiger partial charge in [-0.1, -0.05) is 0 Å². The zero-order valence-corrected chi connectivity index (χ0v) is 7.94. The summed E-state index contributed by atoms with van der Waals surface area (Å²) in [7, 11) is 0. The molecule has 11 heavy (non-hydrogen) atoms. The van der Waals surface area contributed by atoms with Crippen LogP contribution in [0.2, 0.25) is 0 Å². The van der Waals surface area contributed by atoms with E-state index in [1.807, 2.05) is 0 Å². The molecule has 60 valence electrons. The Morgan fingerprint density at radius 3 is 2.36 bits per heavy atom. The van der Waals surface area contributed by atoms with Crippen LogP contribution in [0.4, 0.5) is 0 Å². The Labute approximate surface area is 67.7 Å². The van der Waals surface area contributed by atoms with E-state index in [-0.39, 0.29) is 4.35 Å². The summed E-state index contributed by atoms with van der Waals surface area (Å²) < 4.78 is 28.5. The number of benzene rings is 1. The van der Waals surface area contributed by atoms with Gasteiger partial charge in [-0.15, -0.1) is 0 Å². The van der Waals surface area contributed by atoms with Gasteiger partial charge >= 0.3 is 67.2 Å². The van der Waals surface area contributed by atoms with Crippen LogP contribution < -0.4 is 4.35 Å². The molecule has 0 saturated carbocycles. The second kappa shape index (κ2) is 2.86. The first-order valence-corrected chi connectivity index (χ1v) is 6.51. The molecule has 3 nitrogen and oxygen atoms in total. The normalized spacial score (nSPS) is 11.5. The van der Waals surface area contributed by atoms with Crippen molar-refractivity contribution in [2.45, 2.75) is 6.92 Å². The van der Waals surface area contributed by atoms with E-state index >= 15 is 0 Å². The second-order valence-corrected chi connectivity index (χ2v) is 5.75. The maximum atomic E-state index is 10.7. The van der Waals surface area contributed by atoms with E-state index in [0.29, 0.717) is 0 Å². The van der Waals surface area contributed by atoms with Gasteiger partial charge in [-0.2, -0.15) is 0 Å². The fraction of sp³-hybridized carbons (Fsp3) is 0.143. The van der Waals surface area contributed by atoms with Crippen LogP contribution in [0.1, 0.15) is 5.56 Å². The van der Waals surface area contributed by atoms with Gasteiger partial charge in [0, 0.05) is 0 Å². The minimum atomic E-state index is -4.63. The standard InChI is InChI=1S/C7H9AsO3/c1-6-3-2-4-7(5-6)8(9,10)11/h2-5H,1H3,(H2,9,10,11). The molecule has 0 saturated heterocycles. The van der Waals surface area contributed by atoms with Gasteiger partial charge in [0.2, 0.25) is 0 Å². The first-order valence-electron chi connectivity index (χ1n) is 3.13. The van der Waals surface area contributed by atoms with E-state index in [1.54, 1.807) is 19.1 Å². The third kappa shape index (κ3) is 2.22. The second-order valence-electron chi connectivity index (χ2n) is 2.38. The first kappa shape index (κ1) is 8.59. The fourth-order valence-electron chi connectivity index (χ4n) is 0.809. The summed E-state index contributed by atoms with van der Waals surface area (Å²) in [6.45, 7) is 1.80. The minimum absolute atomic E-state index is 0.142. The van der Waals surface area contributed by atoms with Crippen LogP contribution in [0, 0.1) is 6.92 Å². The molecule has 2 N–H and O–H groups in total. The molecule has 0 heterocycles. The molecular formula is C7H9AsO3. The molecule has 0 bridgehead atoms. The Balaban J connectivity index is 3.17. The number of rotatable bonds is 1. The van der Waals surface area contributed by atoms with Gasteiger partial charge in [0.15, 0.2) is 0 Å². The van der Waals surface area contributed by atoms with Crippen molar-refractivity contribution in [3.8, 4) is 0 Å². The molecule has 0 atom stereocenters. The molecule has 0 radical (unpaired) electrons. The Morgan fingerprint density at radius 2 is 2.00 bits per heavy atom. The van der Waals surface area contributed by atoms with Crippen LogP contribution in [0.25, 0.3) is 0 Å². The molecule has 1 aromatic carbocycles. The van der Waals surface area contributed by atoms with E-state index in [1.165, 1.54) is 12.1 Å². The molecule has 0 unspecified atom stereocenters. The van der Waals surface area contributed by atoms with Gasteiger partial charge in [-0.05, 0) is 0 Å². The topological polar surface area (TPSA) is 57.5 Å². The van der Waals surface area contributed by atoms with Gasteiger partial charge < -0.3 is 0 Å². The van der Waals surface area contributed by atoms with Crippen LogP contribution in [0.15, 0.2) is 24.3 Å². The van der Waals surface area contributed by atoms with Crippen molar-refractivity contribution in [3.05, 3.63) is 29.8 Å². The van der Waals surface area contributed by atoms with E-state index in [0.717, 1.165) is 5.56 Å². The van der Waals surface area contributed by atoms with Crippen molar-refractivity contribution >= 4 is 18.5 Å². The van der Waals surface area contributed by atoms with Crippen molar-refractivity contribution in [2.75, 3.05) is 0 Å². The molecule has 0 aliphatic carbocycles. The van der Waals surface area contributed by atoms with E-state index < -0.39 is 14.2 Å². The average molecular weight is 216 g/mol. The first-order chi connectivity index (χ1) is 5.00. The van der Waals surface area contributed by atoms with Crippen LogP contribution in [0.5, 0.6) is 0 Å². The van der Waals surface area contributed by atoms with Crippen molar-refractivity contribution in [1.29, 1.82) is 0 Å². The Morgan fingerprint density at radius 1 is 1.36 bits per heavy atom. The van der Waals surface area contributed by atoms with Crippen molar-refractivity contribution in [2.24, 2.45) is 0 Å². The van der Waals surface area contributed by atoms with Gasteiger partial charge in [0.25, 0.3) is 0 Å². The number of hydrogen-bond donors (Lipinski definition) is 2. The van der Waals surface area contributed by atoms with Crippen LogP contribution in [-0.4, -0.2) is 22.4 Å². The quantitative estimate of drug-likeness (QED) is 0.625. The van der Waals surface area contributed by atoms with Gasteiger partial charge in [-0.25, -0.2) is 0 Å². The molecule has 1 aromatic rings. The predicted octanol–water partition coefficient (Wildman–Crippen LogP) is -0.444. The van der Waals surface area contributed by atoms with E-state index in [4.69, 9.17) is 8.19 Å². The fourth-order valence-corrected chi connectivity index (χ4v) is 2.18. The zero-order chi connectivity index (χ0) is 8.48. The van der Waals surface area contributed by atoms with Crippen LogP contribution in [0.3, 0.4) is 0 Å². The summed E-state index contributed by atoms with van der Waals surface area (Å²) in [6.07, 6.45) is 0. The molecule has 0 fully saturated rings. The average Bonchev–Trinajstić information content (AvgIpc) is 1.86. The molecule has 0 aliphatic heterocycles. The summed E-state index contributed by atoms with van der Waals surface area (Å²) >= 11 is -4.63. The zero-order valence-electron chi connectivity index (χ0n) is 6.06. The summed E-state index contributed by atoms with van der Waals surface area (Å²) in [5, 5.41) is 0. The summed E-state index contributed by atoms with van der Waals surface area (Å²) in [4.78, 5) is 0. The summed E-state index contributed by atoms with van der Waals surface area (Å²) in [6, 6.07) is 6.41. The number of hydrogen-bond acceptors (Lipinski definition) is 1. The molecule has 0 aliphatic rings. The SMILES string of the molecule is Cc1cccc([As](=O)(O)O)c1. The van der Waals surface area contributed by atoms with Gasteiger partial charge in [0.05, 0.1) is 0 Å². The molecule has 0 amide bonds. The molecular weight excluding hydrogens is 207 g/mol. The van der Waals surface area contributed by atoms with Gasteiger partial charge in [-0.3, -0.25) is 0 Å². The van der Waals surface area contributed by atoms with Crippen molar-refractivity contribution < 1.29 is 11.9 Å². The van der Waals surface area contributed by atoms with E-state index in [2.05, 4.69) is 0 Å². The van der Waals surface area contributed by atoms with Crippen molar-refractivity contribution in [3.63, 3.8) is 0 Å². The summed E-state index contributed by atoms with van der Waals surface area (Å²) in [5.74, 6) is 0. The van der Waals surface area contributed by atoms with Gasteiger partial charge in [0.1, 0.15) is 0 Å². The van der Waals surface area contributed by atoms with Crippen LogP contribution >= 0.6 is 0 Å². The molecule has 1 rings (SSSR count). The monoisotopic (exact) mass is 216 g/mol. The predicted molar refractivity (Wildman–Crippen MR) is 41.7 cm³/mol. The Hall–Kier alpha value is -0.502. The molecule has 4 heteroatoms. The Bertz CT molecular complexity index is 302. The third-order valence-corrected chi connectivity index (χ3v) is 3.33. The Kier molecular flexibility index (Phi) is 2.23. The molecule has 0 aromatic heterocycles. The summed E-state index contributed by atoms with van der Waals surface area (Å²) in [5.41, 5.74) is 0.868. The molecule has 0 spiro atoms. The maximum absolute atomic E-state index is 10.7. The number of aryl methyl sites for hydroxylation is 1. The van der Waals surface area contributed by atoms with Crippen molar-refractivity contribution in [1.82, 2.24) is 0 Å². The van der Waals surface area contributed by atoms with E-state index in [9.17, 15) is 3.74 Å². The van der Waals surface area contributed by atoms with Crippen LogP contribution in [-0.2, 0) is 3.74 Å².